The van der Waals surface area contributed by atoms with Gasteiger partial charge < -0.3 is 10.1 Å². The van der Waals surface area contributed by atoms with Crippen LogP contribution >= 0.6 is 0 Å². The summed E-state index contributed by atoms with van der Waals surface area (Å²) in [5.74, 6) is 0. The summed E-state index contributed by atoms with van der Waals surface area (Å²) in [7, 11) is -3.11. The van der Waals surface area contributed by atoms with Crippen LogP contribution in [0.1, 0.15) is 13.8 Å². The van der Waals surface area contributed by atoms with Crippen LogP contribution in [0.15, 0.2) is 29.2 Å². The lowest BCUT2D eigenvalue weighted by Crippen LogP contribution is -2.21. The Balaban J connectivity index is 2.63. The SMILES string of the molecule is CCOCC(C)Nc1ccc(S(C)(=O)=O)cc1. The second kappa shape index (κ2) is 6.02. The smallest absolute Gasteiger partial charge is 0.175 e. The summed E-state index contributed by atoms with van der Waals surface area (Å²) >= 11 is 0. The summed E-state index contributed by atoms with van der Waals surface area (Å²) in [4.78, 5) is 0.334. The molecule has 0 amide bonds. The largest absolute Gasteiger partial charge is 0.380 e. The number of benzene rings is 1. The van der Waals surface area contributed by atoms with Crippen molar-refractivity contribution in [3.8, 4) is 0 Å². The van der Waals surface area contributed by atoms with Gasteiger partial charge in [0, 0.05) is 24.6 Å². The van der Waals surface area contributed by atoms with E-state index in [1.165, 1.54) is 6.26 Å². The molecular formula is C12H19NO3S. The molecule has 0 heterocycles. The molecule has 1 N–H and O–H groups in total. The highest BCUT2D eigenvalue weighted by atomic mass is 32.2. The van der Waals surface area contributed by atoms with Crippen molar-refractivity contribution in [2.45, 2.75) is 24.8 Å². The van der Waals surface area contributed by atoms with Crippen molar-refractivity contribution >= 4 is 15.5 Å². The van der Waals surface area contributed by atoms with E-state index in [4.69, 9.17) is 4.74 Å². The van der Waals surface area contributed by atoms with Crippen LogP contribution in [0.5, 0.6) is 0 Å². The van der Waals surface area contributed by atoms with E-state index in [1.54, 1.807) is 24.3 Å². The van der Waals surface area contributed by atoms with E-state index in [9.17, 15) is 8.42 Å². The van der Waals surface area contributed by atoms with Gasteiger partial charge in [0.2, 0.25) is 0 Å². The van der Waals surface area contributed by atoms with Crippen LogP contribution in [-0.4, -0.2) is 33.9 Å². The average molecular weight is 257 g/mol. The molecule has 0 aliphatic carbocycles. The first kappa shape index (κ1) is 14.0. The van der Waals surface area contributed by atoms with Gasteiger partial charge in [-0.3, -0.25) is 0 Å². The normalized spacial score (nSPS) is 13.4. The van der Waals surface area contributed by atoms with Gasteiger partial charge in [0.1, 0.15) is 0 Å². The predicted octanol–water partition coefficient (Wildman–Crippen LogP) is 1.93. The molecule has 96 valence electrons. The van der Waals surface area contributed by atoms with Crippen molar-refractivity contribution in [3.05, 3.63) is 24.3 Å². The third-order valence-corrected chi connectivity index (χ3v) is 3.40. The van der Waals surface area contributed by atoms with Crippen molar-refractivity contribution in [2.24, 2.45) is 0 Å². The Bertz CT molecular complexity index is 439. The lowest BCUT2D eigenvalue weighted by Gasteiger charge is -2.15. The van der Waals surface area contributed by atoms with Crippen molar-refractivity contribution in [2.75, 3.05) is 24.8 Å². The molecule has 1 aromatic rings. The molecule has 0 aromatic heterocycles. The summed E-state index contributed by atoms with van der Waals surface area (Å²) in [6, 6.07) is 6.92. The number of hydrogen-bond donors (Lipinski definition) is 1. The van der Waals surface area contributed by atoms with E-state index in [-0.39, 0.29) is 6.04 Å². The topological polar surface area (TPSA) is 55.4 Å². The maximum Gasteiger partial charge on any atom is 0.175 e. The Morgan fingerprint density at radius 1 is 1.29 bits per heavy atom. The first-order chi connectivity index (χ1) is 7.93. The lowest BCUT2D eigenvalue weighted by molar-refractivity contribution is 0.141. The van der Waals surface area contributed by atoms with E-state index in [0.29, 0.717) is 18.1 Å². The highest BCUT2D eigenvalue weighted by Gasteiger charge is 2.07. The van der Waals surface area contributed by atoms with E-state index in [1.807, 2.05) is 13.8 Å². The molecular weight excluding hydrogens is 238 g/mol. The summed E-state index contributed by atoms with van der Waals surface area (Å²) in [5, 5.41) is 3.24. The molecule has 1 rings (SSSR count). The highest BCUT2D eigenvalue weighted by Crippen LogP contribution is 2.14. The minimum Gasteiger partial charge on any atom is -0.380 e. The number of nitrogens with one attached hydrogen (secondary N) is 1. The number of ether oxygens (including phenoxy) is 1. The zero-order valence-corrected chi connectivity index (χ0v) is 11.3. The fourth-order valence-electron chi connectivity index (χ4n) is 1.42. The molecule has 0 saturated carbocycles. The third-order valence-electron chi connectivity index (χ3n) is 2.27. The van der Waals surface area contributed by atoms with Gasteiger partial charge in [-0.1, -0.05) is 0 Å². The number of sulfone groups is 1. The minimum absolute atomic E-state index is 0.194. The van der Waals surface area contributed by atoms with Crippen LogP contribution in [0.3, 0.4) is 0 Å². The van der Waals surface area contributed by atoms with Gasteiger partial charge in [0.15, 0.2) is 9.84 Å². The molecule has 0 radical (unpaired) electrons. The molecule has 0 aliphatic rings. The van der Waals surface area contributed by atoms with Crippen molar-refractivity contribution in [3.63, 3.8) is 0 Å². The molecule has 0 saturated heterocycles. The van der Waals surface area contributed by atoms with Crippen LogP contribution in [-0.2, 0) is 14.6 Å². The molecule has 1 unspecified atom stereocenters. The fraction of sp³-hybridized carbons (Fsp3) is 0.500. The number of rotatable bonds is 6. The van der Waals surface area contributed by atoms with Crippen molar-refractivity contribution in [1.82, 2.24) is 0 Å². The zero-order chi connectivity index (χ0) is 12.9. The Morgan fingerprint density at radius 2 is 1.88 bits per heavy atom. The first-order valence-corrected chi connectivity index (χ1v) is 7.47. The second-order valence-corrected chi connectivity index (χ2v) is 6.02. The fourth-order valence-corrected chi connectivity index (χ4v) is 2.05. The van der Waals surface area contributed by atoms with Crippen LogP contribution in [0, 0.1) is 0 Å². The van der Waals surface area contributed by atoms with E-state index >= 15 is 0 Å². The highest BCUT2D eigenvalue weighted by molar-refractivity contribution is 7.90. The summed E-state index contributed by atoms with van der Waals surface area (Å²) in [6.07, 6.45) is 1.20. The standard InChI is InChI=1S/C12H19NO3S/c1-4-16-9-10(2)13-11-5-7-12(8-6-11)17(3,14)15/h5-8,10,13H,4,9H2,1-3H3. The number of anilines is 1. The van der Waals surface area contributed by atoms with Crippen LogP contribution < -0.4 is 5.32 Å². The van der Waals surface area contributed by atoms with Gasteiger partial charge in [0.05, 0.1) is 11.5 Å². The molecule has 0 aliphatic heterocycles. The monoisotopic (exact) mass is 257 g/mol. The zero-order valence-electron chi connectivity index (χ0n) is 10.4. The van der Waals surface area contributed by atoms with Crippen molar-refractivity contribution < 1.29 is 13.2 Å². The molecule has 1 aromatic carbocycles. The molecule has 5 heteroatoms. The van der Waals surface area contributed by atoms with E-state index in [2.05, 4.69) is 5.32 Å². The Morgan fingerprint density at radius 3 is 2.35 bits per heavy atom. The summed E-state index contributed by atoms with van der Waals surface area (Å²) in [5.41, 5.74) is 0.893. The quantitative estimate of drug-likeness (QED) is 0.846. The second-order valence-electron chi connectivity index (χ2n) is 4.00. The lowest BCUT2D eigenvalue weighted by atomic mass is 10.3. The van der Waals surface area contributed by atoms with Crippen LogP contribution in [0.25, 0.3) is 0 Å². The summed E-state index contributed by atoms with van der Waals surface area (Å²) < 4.78 is 27.8. The maximum atomic E-state index is 11.3. The van der Waals surface area contributed by atoms with Gasteiger partial charge in [0.25, 0.3) is 0 Å². The molecule has 0 bridgehead atoms. The average Bonchev–Trinajstić information content (AvgIpc) is 2.26. The predicted molar refractivity (Wildman–Crippen MR) is 69.1 cm³/mol. The van der Waals surface area contributed by atoms with Gasteiger partial charge >= 0.3 is 0 Å². The Kier molecular flexibility index (Phi) is 4.96. The Labute approximate surface area is 103 Å². The maximum absolute atomic E-state index is 11.3. The molecule has 0 spiro atoms. The summed E-state index contributed by atoms with van der Waals surface area (Å²) in [6.45, 7) is 5.29. The molecule has 1 atom stereocenters. The van der Waals surface area contributed by atoms with E-state index in [0.717, 1.165) is 5.69 Å². The molecule has 4 nitrogen and oxygen atoms in total. The van der Waals surface area contributed by atoms with Crippen LogP contribution in [0.2, 0.25) is 0 Å². The van der Waals surface area contributed by atoms with Crippen molar-refractivity contribution in [1.29, 1.82) is 0 Å². The van der Waals surface area contributed by atoms with Gasteiger partial charge in [-0.15, -0.1) is 0 Å². The Hall–Kier alpha value is -1.07. The van der Waals surface area contributed by atoms with Crippen LogP contribution in [0.4, 0.5) is 5.69 Å². The third kappa shape index (κ3) is 4.75. The minimum atomic E-state index is -3.11. The first-order valence-electron chi connectivity index (χ1n) is 5.58. The van der Waals surface area contributed by atoms with Gasteiger partial charge in [-0.25, -0.2) is 8.42 Å². The van der Waals surface area contributed by atoms with E-state index < -0.39 is 9.84 Å². The molecule has 0 fully saturated rings. The number of hydrogen-bond acceptors (Lipinski definition) is 4. The van der Waals surface area contributed by atoms with Gasteiger partial charge in [-0.2, -0.15) is 0 Å². The van der Waals surface area contributed by atoms with Gasteiger partial charge in [-0.05, 0) is 38.1 Å². The molecule has 17 heavy (non-hydrogen) atoms.